The maximum absolute atomic E-state index is 13.4. The second-order valence-corrected chi connectivity index (χ2v) is 12.4. The van der Waals surface area contributed by atoms with Crippen molar-refractivity contribution in [2.75, 3.05) is 26.7 Å². The van der Waals surface area contributed by atoms with Gasteiger partial charge in [0.05, 0.1) is 19.0 Å². The molecule has 1 aromatic carbocycles. The van der Waals surface area contributed by atoms with Crippen LogP contribution in [0.2, 0.25) is 0 Å². The number of carbonyl (C=O) groups excluding carboxylic acids is 2. The summed E-state index contributed by atoms with van der Waals surface area (Å²) in [5, 5.41) is 24.7. The first kappa shape index (κ1) is 35.5. The van der Waals surface area contributed by atoms with Gasteiger partial charge in [-0.2, -0.15) is 0 Å². The van der Waals surface area contributed by atoms with Gasteiger partial charge in [-0.3, -0.25) is 14.6 Å². The minimum atomic E-state index is -0.549. The van der Waals surface area contributed by atoms with Crippen molar-refractivity contribution in [3.8, 4) is 11.5 Å². The molecular formula is C33H52N6O6. The number of nitrogens with zero attached hydrogens (tertiary/aromatic N) is 2. The van der Waals surface area contributed by atoms with E-state index in [9.17, 15) is 19.8 Å². The Bertz CT molecular complexity index is 1260. The number of aliphatic hydroxyl groups excluding tert-OH is 1. The zero-order valence-corrected chi connectivity index (χ0v) is 27.0. The number of methoxy groups -OCH3 is 1. The van der Waals surface area contributed by atoms with E-state index in [4.69, 9.17) is 26.7 Å². The topological polar surface area (TPSA) is 199 Å². The lowest BCUT2D eigenvalue weighted by Crippen LogP contribution is -2.31. The Morgan fingerprint density at radius 1 is 1.24 bits per heavy atom. The van der Waals surface area contributed by atoms with Gasteiger partial charge < -0.3 is 47.1 Å². The van der Waals surface area contributed by atoms with E-state index < -0.39 is 17.6 Å². The number of nitrogens with two attached hydrogens (primary N) is 3. The van der Waals surface area contributed by atoms with Crippen LogP contribution >= 0.6 is 0 Å². The molecule has 0 aromatic heterocycles. The van der Waals surface area contributed by atoms with E-state index in [0.29, 0.717) is 81.7 Å². The Balaban J connectivity index is 1.77. The molecule has 2 heterocycles. The van der Waals surface area contributed by atoms with Crippen LogP contribution in [0.3, 0.4) is 0 Å². The number of nitrogens with one attached hydrogen (secondary N) is 1. The highest BCUT2D eigenvalue weighted by atomic mass is 16.5. The van der Waals surface area contributed by atoms with Gasteiger partial charge in [0.15, 0.2) is 17.5 Å². The minimum absolute atomic E-state index is 0.00679. The molecule has 45 heavy (non-hydrogen) atoms. The van der Waals surface area contributed by atoms with Crippen LogP contribution in [-0.4, -0.2) is 71.9 Å². The van der Waals surface area contributed by atoms with Crippen molar-refractivity contribution >= 4 is 17.8 Å². The molecular weight excluding hydrogens is 576 g/mol. The number of dihydropyridines is 1. The predicted octanol–water partition coefficient (Wildman–Crippen LogP) is 2.70. The molecule has 12 heteroatoms. The van der Waals surface area contributed by atoms with Gasteiger partial charge in [-0.25, -0.2) is 0 Å². The Labute approximate surface area is 266 Å². The number of phenols is 1. The van der Waals surface area contributed by atoms with E-state index >= 15 is 0 Å². The minimum Gasteiger partial charge on any atom is -0.504 e. The van der Waals surface area contributed by atoms with Crippen LogP contribution in [0.5, 0.6) is 11.5 Å². The van der Waals surface area contributed by atoms with Gasteiger partial charge in [0.25, 0.3) is 0 Å². The van der Waals surface area contributed by atoms with Gasteiger partial charge in [0, 0.05) is 56.9 Å². The molecule has 0 unspecified atom stereocenters. The molecule has 2 aliphatic rings. The number of amides is 1. The summed E-state index contributed by atoms with van der Waals surface area (Å²) in [6.07, 6.45) is 9.60. The number of hydrogen-bond donors (Lipinski definition) is 6. The molecule has 0 saturated carbocycles. The maximum atomic E-state index is 13.4. The number of aliphatic imine (C=N–C) groups is 1. The number of ether oxygens (including phenoxy) is 2. The molecule has 0 aliphatic carbocycles. The fourth-order valence-corrected chi connectivity index (χ4v) is 6.28. The standard InChI is InChI=1S/C33H52N6O6/c1-4-5-6-7-26(41)17-27(45-22(2)40)9-8-23-14-25(31(43)28(15-23)44-3)20-39-21-33(19-30(39)42,11-13-38-32(35)36)18-24-10-12-37-29(34)16-24/h10,14-16,26-27,37,41,43H,4-9,11-13,17-21,34H2,1-3H3,(H4,35,36,38)/t26-,27+,33-/m0/s1. The number of unbranched alkanes of at least 4 members (excludes halogenated alkanes) is 2. The summed E-state index contributed by atoms with van der Waals surface area (Å²) in [6, 6.07) is 3.62. The third kappa shape index (κ3) is 11.2. The van der Waals surface area contributed by atoms with Crippen LogP contribution in [0.1, 0.15) is 82.8 Å². The third-order valence-electron chi connectivity index (χ3n) is 8.49. The first-order chi connectivity index (χ1) is 21.4. The molecule has 0 bridgehead atoms. The van der Waals surface area contributed by atoms with E-state index in [1.165, 1.54) is 14.0 Å². The Morgan fingerprint density at radius 3 is 2.69 bits per heavy atom. The number of guanidine groups is 1. The van der Waals surface area contributed by atoms with Gasteiger partial charge >= 0.3 is 5.97 Å². The van der Waals surface area contributed by atoms with Gasteiger partial charge in [-0.1, -0.05) is 38.3 Å². The number of aryl methyl sites for hydroxylation is 1. The van der Waals surface area contributed by atoms with Crippen LogP contribution < -0.4 is 27.3 Å². The highest BCUT2D eigenvalue weighted by Crippen LogP contribution is 2.43. The zero-order chi connectivity index (χ0) is 33.0. The van der Waals surface area contributed by atoms with Crippen molar-refractivity contribution in [3.63, 3.8) is 0 Å². The van der Waals surface area contributed by atoms with Crippen LogP contribution in [0, 0.1) is 5.41 Å². The molecule has 3 atom stereocenters. The summed E-state index contributed by atoms with van der Waals surface area (Å²) in [5.74, 6) is 0.459. The molecule has 0 radical (unpaired) electrons. The number of phenolic OH excluding ortho intramolecular Hbond substituents is 1. The van der Waals surface area contributed by atoms with Crippen molar-refractivity contribution in [2.45, 2.75) is 96.8 Å². The SMILES string of the molecule is CCCCC[C@H](O)C[C@@H](CCc1cc(CN2C[C@@](CCN=C(N)N)(CC3=CCNC(N)=C3)CC2=O)c(O)c(OC)c1)OC(C)=O. The molecule has 0 spiro atoms. The quantitative estimate of drug-likeness (QED) is 0.0608. The number of aromatic hydroxyl groups is 1. The van der Waals surface area contributed by atoms with E-state index in [2.05, 4.69) is 23.3 Å². The van der Waals surface area contributed by atoms with E-state index in [1.807, 2.05) is 12.1 Å². The number of hydrogen-bond acceptors (Lipinski definition) is 9. The molecule has 2 aliphatic heterocycles. The Hall–Kier alpha value is -3.93. The number of carbonyl (C=O) groups is 2. The van der Waals surface area contributed by atoms with Gasteiger partial charge in [0.1, 0.15) is 6.10 Å². The maximum Gasteiger partial charge on any atom is 0.302 e. The second kappa shape index (κ2) is 17.0. The lowest BCUT2D eigenvalue weighted by atomic mass is 9.77. The Kier molecular flexibility index (Phi) is 13.4. The molecule has 1 saturated heterocycles. The highest BCUT2D eigenvalue weighted by molar-refractivity contribution is 5.80. The van der Waals surface area contributed by atoms with Crippen molar-refractivity contribution in [1.82, 2.24) is 10.2 Å². The molecule has 1 aromatic rings. The lowest BCUT2D eigenvalue weighted by Gasteiger charge is -2.30. The number of aliphatic hydroxyl groups is 1. The number of likely N-dealkylation sites (tertiary alicyclic amines) is 1. The molecule has 9 N–H and O–H groups in total. The number of esters is 1. The molecule has 12 nitrogen and oxygen atoms in total. The van der Waals surface area contributed by atoms with Crippen molar-refractivity contribution in [3.05, 3.63) is 46.8 Å². The van der Waals surface area contributed by atoms with Crippen molar-refractivity contribution in [2.24, 2.45) is 27.6 Å². The van der Waals surface area contributed by atoms with Gasteiger partial charge in [-0.05, 0) is 55.4 Å². The van der Waals surface area contributed by atoms with Crippen LogP contribution in [0.15, 0.2) is 40.7 Å². The van der Waals surface area contributed by atoms with Crippen molar-refractivity contribution < 1.29 is 29.3 Å². The normalized spacial score (nSPS) is 19.3. The summed E-state index contributed by atoms with van der Waals surface area (Å²) in [6.45, 7) is 5.15. The molecule has 1 amide bonds. The lowest BCUT2D eigenvalue weighted by molar-refractivity contribution is -0.148. The predicted molar refractivity (Wildman–Crippen MR) is 174 cm³/mol. The average molecular weight is 629 g/mol. The summed E-state index contributed by atoms with van der Waals surface area (Å²) in [7, 11) is 1.48. The molecule has 250 valence electrons. The number of allylic oxidation sites excluding steroid dienone is 2. The van der Waals surface area contributed by atoms with Crippen LogP contribution in [0.4, 0.5) is 0 Å². The first-order valence-electron chi connectivity index (χ1n) is 15.9. The van der Waals surface area contributed by atoms with Crippen LogP contribution in [0.25, 0.3) is 0 Å². The van der Waals surface area contributed by atoms with Gasteiger partial charge in [0.2, 0.25) is 5.91 Å². The summed E-state index contributed by atoms with van der Waals surface area (Å²) in [4.78, 5) is 31.2. The number of benzene rings is 1. The van der Waals surface area contributed by atoms with Crippen molar-refractivity contribution in [1.29, 1.82) is 0 Å². The fourth-order valence-electron chi connectivity index (χ4n) is 6.28. The zero-order valence-electron chi connectivity index (χ0n) is 27.0. The monoisotopic (exact) mass is 628 g/mol. The largest absolute Gasteiger partial charge is 0.504 e. The molecule has 3 rings (SSSR count). The summed E-state index contributed by atoms with van der Waals surface area (Å²) >= 11 is 0. The number of rotatable bonds is 18. The summed E-state index contributed by atoms with van der Waals surface area (Å²) < 4.78 is 11.0. The smallest absolute Gasteiger partial charge is 0.302 e. The summed E-state index contributed by atoms with van der Waals surface area (Å²) in [5.41, 5.74) is 19.2. The third-order valence-corrected chi connectivity index (χ3v) is 8.49. The van der Waals surface area contributed by atoms with E-state index in [-0.39, 0.29) is 30.1 Å². The van der Waals surface area contributed by atoms with Gasteiger partial charge in [-0.15, -0.1) is 0 Å². The first-order valence-corrected chi connectivity index (χ1v) is 15.9. The Morgan fingerprint density at radius 2 is 2.02 bits per heavy atom. The van der Waals surface area contributed by atoms with E-state index in [1.54, 1.807) is 11.0 Å². The average Bonchev–Trinajstić information content (AvgIpc) is 3.26. The second-order valence-electron chi connectivity index (χ2n) is 12.4. The highest BCUT2D eigenvalue weighted by Gasteiger charge is 2.43. The molecule has 1 fully saturated rings. The fraction of sp³-hybridized carbons (Fsp3) is 0.606. The van der Waals surface area contributed by atoms with Crippen LogP contribution in [-0.2, 0) is 27.3 Å². The van der Waals surface area contributed by atoms with E-state index in [0.717, 1.165) is 30.4 Å².